The van der Waals surface area contributed by atoms with E-state index in [9.17, 15) is 23.9 Å². The van der Waals surface area contributed by atoms with Crippen molar-refractivity contribution in [2.75, 3.05) is 5.32 Å². The van der Waals surface area contributed by atoms with Gasteiger partial charge in [-0.3, -0.25) is 19.5 Å². The fraction of sp³-hybridized carbons (Fsp3) is 0. The van der Waals surface area contributed by atoms with Crippen LogP contribution >= 0.6 is 0 Å². The maximum Gasteiger partial charge on any atom is 0.276 e. The van der Waals surface area contributed by atoms with E-state index in [2.05, 4.69) is 31.6 Å². The molecule has 2 aromatic carbocycles. The fourth-order valence-corrected chi connectivity index (χ4v) is 2.81. The van der Waals surface area contributed by atoms with Gasteiger partial charge in [0.25, 0.3) is 11.3 Å². The molecule has 0 spiro atoms. The standard InChI is InChI=1S/C20H10FN5O4/c1-2-9-5-15(11(6-12(9)21)16-17(27)19(29)18(16)28)24-20(30)14-4-3-13(25-26-14)10-7-22-23-8-10/h1,3-8,27H,(H,22,23)(H,24,30). The van der Waals surface area contributed by atoms with Gasteiger partial charge >= 0.3 is 0 Å². The van der Waals surface area contributed by atoms with Crippen LogP contribution in [0.25, 0.3) is 22.4 Å². The summed E-state index contributed by atoms with van der Waals surface area (Å²) in [6.07, 6.45) is 8.40. The van der Waals surface area contributed by atoms with Crippen molar-refractivity contribution in [2.24, 2.45) is 0 Å². The Bertz CT molecular complexity index is 1400. The molecule has 30 heavy (non-hydrogen) atoms. The lowest BCUT2D eigenvalue weighted by atomic mass is 9.96. The second-order valence-corrected chi connectivity index (χ2v) is 6.15. The molecule has 0 saturated carbocycles. The number of anilines is 1. The molecule has 0 radical (unpaired) electrons. The number of rotatable bonds is 4. The van der Waals surface area contributed by atoms with Gasteiger partial charge in [0.05, 0.1) is 28.7 Å². The Kier molecular flexibility index (Phi) is 4.40. The number of carbonyl (C=O) groups excluding carboxylic acids is 1. The quantitative estimate of drug-likeness (QED) is 0.344. The molecule has 0 fully saturated rings. The van der Waals surface area contributed by atoms with Gasteiger partial charge in [0.15, 0.2) is 11.4 Å². The van der Waals surface area contributed by atoms with Crippen LogP contribution in [-0.4, -0.2) is 31.4 Å². The predicted octanol–water partition coefficient (Wildman–Crippen LogP) is 1.21. The van der Waals surface area contributed by atoms with Crippen molar-refractivity contribution in [3.05, 3.63) is 74.2 Å². The van der Waals surface area contributed by atoms with E-state index in [4.69, 9.17) is 6.42 Å². The van der Waals surface area contributed by atoms with Crippen LogP contribution in [0.3, 0.4) is 0 Å². The molecule has 4 aromatic rings. The summed E-state index contributed by atoms with van der Waals surface area (Å²) in [6, 6.07) is 4.94. The third-order valence-electron chi connectivity index (χ3n) is 4.36. The normalized spacial score (nSPS) is 10.7. The molecule has 0 aliphatic carbocycles. The number of aromatic amines is 1. The zero-order chi connectivity index (χ0) is 21.4. The number of H-pyrrole nitrogens is 1. The largest absolute Gasteiger partial charge is 0.503 e. The number of aromatic hydroxyl groups is 1. The summed E-state index contributed by atoms with van der Waals surface area (Å²) in [5.74, 6) is -0.287. The van der Waals surface area contributed by atoms with Gasteiger partial charge in [0.1, 0.15) is 5.82 Å². The van der Waals surface area contributed by atoms with Crippen molar-refractivity contribution in [1.82, 2.24) is 20.4 Å². The first-order valence-electron chi connectivity index (χ1n) is 8.37. The predicted molar refractivity (Wildman–Crippen MR) is 104 cm³/mol. The van der Waals surface area contributed by atoms with E-state index in [0.29, 0.717) is 11.3 Å². The number of carbonyl (C=O) groups is 1. The molecule has 0 aliphatic heterocycles. The van der Waals surface area contributed by atoms with Gasteiger partial charge < -0.3 is 10.4 Å². The van der Waals surface area contributed by atoms with E-state index in [0.717, 1.165) is 12.1 Å². The van der Waals surface area contributed by atoms with Crippen molar-refractivity contribution >= 4 is 11.6 Å². The molecule has 0 bridgehead atoms. The second-order valence-electron chi connectivity index (χ2n) is 6.15. The maximum absolute atomic E-state index is 14.2. The zero-order valence-corrected chi connectivity index (χ0v) is 14.9. The van der Waals surface area contributed by atoms with Gasteiger partial charge in [-0.1, -0.05) is 5.92 Å². The second kappa shape index (κ2) is 7.06. The number of hydrogen-bond donors (Lipinski definition) is 3. The summed E-state index contributed by atoms with van der Waals surface area (Å²) >= 11 is 0. The molecule has 0 atom stereocenters. The number of benzene rings is 1. The Morgan fingerprint density at radius 3 is 2.60 bits per heavy atom. The van der Waals surface area contributed by atoms with E-state index in [1.807, 2.05) is 0 Å². The Morgan fingerprint density at radius 2 is 2.00 bits per heavy atom. The minimum Gasteiger partial charge on any atom is -0.503 e. The van der Waals surface area contributed by atoms with Crippen LogP contribution in [0.4, 0.5) is 10.1 Å². The van der Waals surface area contributed by atoms with Crippen molar-refractivity contribution in [1.29, 1.82) is 0 Å². The molecule has 1 amide bonds. The van der Waals surface area contributed by atoms with Gasteiger partial charge in [0.2, 0.25) is 5.43 Å². The van der Waals surface area contributed by atoms with Gasteiger partial charge in [-0.2, -0.15) is 5.10 Å². The highest BCUT2D eigenvalue weighted by Crippen LogP contribution is 2.33. The molecule has 4 rings (SSSR count). The van der Waals surface area contributed by atoms with Gasteiger partial charge in [-0.05, 0) is 24.3 Å². The number of halogens is 1. The lowest BCUT2D eigenvalue weighted by molar-refractivity contribution is 0.102. The van der Waals surface area contributed by atoms with Crippen LogP contribution in [-0.2, 0) is 0 Å². The number of amides is 1. The molecule has 0 aliphatic rings. The molecule has 2 heterocycles. The van der Waals surface area contributed by atoms with E-state index in [1.54, 1.807) is 12.3 Å². The van der Waals surface area contributed by atoms with Crippen molar-refractivity contribution < 1.29 is 14.3 Å². The van der Waals surface area contributed by atoms with Crippen LogP contribution in [0.2, 0.25) is 0 Å². The van der Waals surface area contributed by atoms with Crippen molar-refractivity contribution in [3.63, 3.8) is 0 Å². The summed E-state index contributed by atoms with van der Waals surface area (Å²) in [7, 11) is 0. The molecular weight excluding hydrogens is 393 g/mol. The number of aromatic nitrogens is 4. The van der Waals surface area contributed by atoms with E-state index in [-0.39, 0.29) is 22.5 Å². The molecule has 0 unspecified atom stereocenters. The zero-order valence-electron chi connectivity index (χ0n) is 14.9. The lowest BCUT2D eigenvalue weighted by Gasteiger charge is -2.14. The average Bonchev–Trinajstić information content (AvgIpc) is 3.30. The van der Waals surface area contributed by atoms with Crippen LogP contribution in [0.5, 0.6) is 5.75 Å². The monoisotopic (exact) mass is 403 g/mol. The van der Waals surface area contributed by atoms with Crippen LogP contribution in [0.15, 0.2) is 46.2 Å². The number of terminal acetylenes is 1. The third kappa shape index (κ3) is 3.00. The number of nitrogens with one attached hydrogen (secondary N) is 2. The smallest absolute Gasteiger partial charge is 0.276 e. The fourth-order valence-electron chi connectivity index (χ4n) is 2.81. The SMILES string of the molecule is C#Cc1cc(NC(=O)c2ccc(-c3cn[nH]c3)nn2)c(-c2c(O)c(=O)c2=O)cc1F. The minimum absolute atomic E-state index is 0.0718. The Morgan fingerprint density at radius 1 is 1.20 bits per heavy atom. The van der Waals surface area contributed by atoms with Gasteiger partial charge in [-0.15, -0.1) is 16.6 Å². The summed E-state index contributed by atoms with van der Waals surface area (Å²) in [5, 5.41) is 26.4. The topological polar surface area (TPSA) is 138 Å². The van der Waals surface area contributed by atoms with Crippen molar-refractivity contribution in [3.8, 4) is 40.5 Å². The molecule has 3 N–H and O–H groups in total. The highest BCUT2D eigenvalue weighted by Gasteiger charge is 2.26. The lowest BCUT2D eigenvalue weighted by Crippen LogP contribution is -2.32. The molecule has 10 heteroatoms. The Labute approximate surface area is 166 Å². The van der Waals surface area contributed by atoms with Crippen LogP contribution < -0.4 is 16.2 Å². The molecule has 9 nitrogen and oxygen atoms in total. The van der Waals surface area contributed by atoms with Crippen LogP contribution in [0.1, 0.15) is 16.1 Å². The Hall–Kier alpha value is -4.65. The third-order valence-corrected chi connectivity index (χ3v) is 4.36. The van der Waals surface area contributed by atoms with Crippen LogP contribution in [0, 0.1) is 18.2 Å². The van der Waals surface area contributed by atoms with Gasteiger partial charge in [-0.25, -0.2) is 4.39 Å². The first-order chi connectivity index (χ1) is 14.4. The van der Waals surface area contributed by atoms with E-state index in [1.165, 1.54) is 12.3 Å². The van der Waals surface area contributed by atoms with E-state index < -0.39 is 33.9 Å². The minimum atomic E-state index is -1.09. The van der Waals surface area contributed by atoms with E-state index >= 15 is 0 Å². The summed E-state index contributed by atoms with van der Waals surface area (Å²) in [5.41, 5.74) is -1.86. The number of nitrogens with zero attached hydrogens (tertiary/aromatic N) is 3. The number of hydrogen-bond acceptors (Lipinski definition) is 7. The first kappa shape index (κ1) is 18.7. The average molecular weight is 403 g/mol. The summed E-state index contributed by atoms with van der Waals surface area (Å²) < 4.78 is 14.2. The highest BCUT2D eigenvalue weighted by molar-refractivity contribution is 6.05. The molecule has 2 aromatic heterocycles. The van der Waals surface area contributed by atoms with Crippen molar-refractivity contribution in [2.45, 2.75) is 0 Å². The summed E-state index contributed by atoms with van der Waals surface area (Å²) in [4.78, 5) is 35.8. The van der Waals surface area contributed by atoms with Gasteiger partial charge in [0, 0.05) is 17.3 Å². The molecule has 0 saturated heterocycles. The maximum atomic E-state index is 14.2. The summed E-state index contributed by atoms with van der Waals surface area (Å²) in [6.45, 7) is 0. The first-order valence-corrected chi connectivity index (χ1v) is 8.37. The molecular formula is C20H10FN5O4. The molecule has 146 valence electrons. The highest BCUT2D eigenvalue weighted by atomic mass is 19.1. The Balaban J connectivity index is 1.70.